The maximum atomic E-state index is 13.6. The van der Waals surface area contributed by atoms with Gasteiger partial charge >= 0.3 is 12.1 Å². The summed E-state index contributed by atoms with van der Waals surface area (Å²) in [6.45, 7) is 11.2. The second-order valence-electron chi connectivity index (χ2n) is 9.95. The lowest BCUT2D eigenvalue weighted by atomic mass is 9.85. The molecule has 0 spiro atoms. The maximum absolute atomic E-state index is 13.6. The Bertz CT molecular complexity index is 764. The quantitative estimate of drug-likeness (QED) is 0.761. The van der Waals surface area contributed by atoms with Crippen LogP contribution in [0.25, 0.3) is 0 Å². The Morgan fingerprint density at radius 2 is 1.70 bits per heavy atom. The Morgan fingerprint density at radius 3 is 2.20 bits per heavy atom. The van der Waals surface area contributed by atoms with Crippen molar-refractivity contribution in [2.24, 2.45) is 5.41 Å². The molecule has 7 heteroatoms. The van der Waals surface area contributed by atoms with Crippen LogP contribution >= 0.6 is 0 Å². The molecule has 0 aromatic heterocycles. The molecule has 1 heterocycles. The van der Waals surface area contributed by atoms with E-state index in [-0.39, 0.29) is 17.9 Å². The van der Waals surface area contributed by atoms with E-state index in [1.54, 1.807) is 20.8 Å². The zero-order valence-electron chi connectivity index (χ0n) is 18.8. The third kappa shape index (κ3) is 6.21. The SMILES string of the molecule is CC(C)(C)OC(=O)N[C@@H](Cc1ccccc1)C(=O)N1[C@H](C(=O)O)CC[C@@H]1C(C)(C)C. The molecule has 1 fully saturated rings. The summed E-state index contributed by atoms with van der Waals surface area (Å²) >= 11 is 0. The fourth-order valence-corrected chi connectivity index (χ4v) is 3.89. The molecule has 7 nitrogen and oxygen atoms in total. The second kappa shape index (κ2) is 9.06. The molecule has 30 heavy (non-hydrogen) atoms. The zero-order valence-corrected chi connectivity index (χ0v) is 18.8. The Balaban J connectivity index is 2.35. The van der Waals surface area contributed by atoms with E-state index in [9.17, 15) is 19.5 Å². The first-order valence-electron chi connectivity index (χ1n) is 10.4. The van der Waals surface area contributed by atoms with Crippen molar-refractivity contribution < 1.29 is 24.2 Å². The molecule has 1 aliphatic heterocycles. The first-order chi connectivity index (χ1) is 13.8. The number of aliphatic carboxylic acids is 1. The van der Waals surface area contributed by atoms with Gasteiger partial charge in [-0.05, 0) is 44.6 Å². The van der Waals surface area contributed by atoms with Crippen molar-refractivity contribution in [2.45, 2.75) is 84.5 Å². The van der Waals surface area contributed by atoms with Crippen LogP contribution in [0.5, 0.6) is 0 Å². The molecule has 1 saturated heterocycles. The van der Waals surface area contributed by atoms with Gasteiger partial charge in [0.2, 0.25) is 5.91 Å². The standard InChI is InChI=1S/C23H34N2O5/c1-22(2,3)18-13-12-17(20(27)28)25(18)19(26)16(14-15-10-8-7-9-11-15)24-21(29)30-23(4,5)6/h7-11,16-18H,12-14H2,1-6H3,(H,24,29)(H,27,28)/t16-,17-,18+/m0/s1. The van der Waals surface area contributed by atoms with Crippen LogP contribution in [-0.4, -0.2) is 51.7 Å². The Morgan fingerprint density at radius 1 is 1.10 bits per heavy atom. The van der Waals surface area contributed by atoms with Crippen molar-refractivity contribution in [2.75, 3.05) is 0 Å². The van der Waals surface area contributed by atoms with Gasteiger partial charge in [-0.3, -0.25) is 4.79 Å². The third-order valence-corrected chi connectivity index (χ3v) is 5.20. The highest BCUT2D eigenvalue weighted by atomic mass is 16.6. The minimum atomic E-state index is -1.02. The van der Waals surface area contributed by atoms with E-state index < -0.39 is 35.7 Å². The van der Waals surface area contributed by atoms with E-state index in [4.69, 9.17) is 4.74 Å². The number of rotatable bonds is 5. The molecule has 0 saturated carbocycles. The molecule has 166 valence electrons. The van der Waals surface area contributed by atoms with Crippen LogP contribution in [0.3, 0.4) is 0 Å². The van der Waals surface area contributed by atoms with E-state index in [2.05, 4.69) is 5.32 Å². The van der Waals surface area contributed by atoms with Gasteiger partial charge in [0.1, 0.15) is 17.7 Å². The number of nitrogens with zero attached hydrogens (tertiary/aromatic N) is 1. The van der Waals surface area contributed by atoms with E-state index in [0.717, 1.165) is 5.56 Å². The highest BCUT2D eigenvalue weighted by molar-refractivity contribution is 5.90. The molecule has 2 N–H and O–H groups in total. The minimum absolute atomic E-state index is 0.232. The Labute approximate surface area is 178 Å². The molecule has 2 amide bonds. The number of benzene rings is 1. The van der Waals surface area contributed by atoms with Crippen LogP contribution in [-0.2, 0) is 20.7 Å². The molecule has 0 aliphatic carbocycles. The summed E-state index contributed by atoms with van der Waals surface area (Å²) in [5.41, 5.74) is -0.135. The molecular weight excluding hydrogens is 384 g/mol. The summed E-state index contributed by atoms with van der Waals surface area (Å²) in [7, 11) is 0. The maximum Gasteiger partial charge on any atom is 0.408 e. The van der Waals surface area contributed by atoms with Crippen LogP contribution in [0.2, 0.25) is 0 Å². The van der Waals surface area contributed by atoms with E-state index >= 15 is 0 Å². The first-order valence-corrected chi connectivity index (χ1v) is 10.4. The number of nitrogens with one attached hydrogen (secondary N) is 1. The average molecular weight is 419 g/mol. The minimum Gasteiger partial charge on any atom is -0.480 e. The predicted octanol–water partition coefficient (Wildman–Crippen LogP) is 3.61. The van der Waals surface area contributed by atoms with Crippen molar-refractivity contribution in [1.82, 2.24) is 10.2 Å². The monoisotopic (exact) mass is 418 g/mol. The van der Waals surface area contributed by atoms with Gasteiger partial charge in [0, 0.05) is 12.5 Å². The molecule has 0 unspecified atom stereocenters. The number of amides is 2. The fraction of sp³-hybridized carbons (Fsp3) is 0.609. The predicted molar refractivity (Wildman–Crippen MR) is 114 cm³/mol. The highest BCUT2D eigenvalue weighted by Crippen LogP contribution is 2.37. The second-order valence-corrected chi connectivity index (χ2v) is 9.95. The smallest absolute Gasteiger partial charge is 0.408 e. The molecule has 0 bridgehead atoms. The van der Waals surface area contributed by atoms with Crippen molar-refractivity contribution in [3.8, 4) is 0 Å². The number of carbonyl (C=O) groups excluding carboxylic acids is 2. The lowest BCUT2D eigenvalue weighted by Gasteiger charge is -2.38. The fourth-order valence-electron chi connectivity index (χ4n) is 3.89. The lowest BCUT2D eigenvalue weighted by molar-refractivity contribution is -0.152. The van der Waals surface area contributed by atoms with Crippen LogP contribution in [0.1, 0.15) is 59.9 Å². The van der Waals surface area contributed by atoms with Crippen molar-refractivity contribution in [3.05, 3.63) is 35.9 Å². The normalized spacial score (nSPS) is 20.5. The number of likely N-dealkylation sites (tertiary alicyclic amines) is 1. The molecule has 1 aromatic rings. The summed E-state index contributed by atoms with van der Waals surface area (Å²) in [4.78, 5) is 39.4. The number of carboxylic acid groups (broad SMARTS) is 1. The first kappa shape index (κ1) is 23.7. The summed E-state index contributed by atoms with van der Waals surface area (Å²) in [6, 6.07) is 7.28. The molecule has 3 atom stereocenters. The average Bonchev–Trinajstić information content (AvgIpc) is 3.05. The zero-order chi connectivity index (χ0) is 22.7. The van der Waals surface area contributed by atoms with Gasteiger partial charge in [0.05, 0.1) is 0 Å². The third-order valence-electron chi connectivity index (χ3n) is 5.20. The van der Waals surface area contributed by atoms with Gasteiger partial charge < -0.3 is 20.1 Å². The summed E-state index contributed by atoms with van der Waals surface area (Å²) < 4.78 is 5.35. The number of hydrogen-bond donors (Lipinski definition) is 2. The van der Waals surface area contributed by atoms with Crippen LogP contribution < -0.4 is 5.32 Å². The van der Waals surface area contributed by atoms with Crippen molar-refractivity contribution in [3.63, 3.8) is 0 Å². The van der Waals surface area contributed by atoms with Crippen LogP contribution in [0.4, 0.5) is 4.79 Å². The highest BCUT2D eigenvalue weighted by Gasteiger charge is 2.47. The summed E-state index contributed by atoms with van der Waals surface area (Å²) in [6.07, 6.45) is 0.554. The van der Waals surface area contributed by atoms with E-state index in [1.165, 1.54) is 4.90 Å². The number of alkyl carbamates (subject to hydrolysis) is 1. The van der Waals surface area contributed by atoms with Crippen molar-refractivity contribution >= 4 is 18.0 Å². The Hall–Kier alpha value is -2.57. The van der Waals surface area contributed by atoms with Gasteiger partial charge in [-0.1, -0.05) is 51.1 Å². The molecule has 1 aliphatic rings. The van der Waals surface area contributed by atoms with Gasteiger partial charge in [0.25, 0.3) is 0 Å². The number of carboxylic acids is 1. The largest absolute Gasteiger partial charge is 0.480 e. The number of hydrogen-bond acceptors (Lipinski definition) is 4. The molecular formula is C23H34N2O5. The number of ether oxygens (including phenoxy) is 1. The van der Waals surface area contributed by atoms with Crippen molar-refractivity contribution in [1.29, 1.82) is 0 Å². The van der Waals surface area contributed by atoms with E-state index in [0.29, 0.717) is 12.8 Å². The summed E-state index contributed by atoms with van der Waals surface area (Å²) in [5.74, 6) is -1.42. The summed E-state index contributed by atoms with van der Waals surface area (Å²) in [5, 5.41) is 12.4. The molecule has 2 rings (SSSR count). The lowest BCUT2D eigenvalue weighted by Crippen LogP contribution is -2.57. The van der Waals surface area contributed by atoms with E-state index in [1.807, 2.05) is 51.1 Å². The Kier molecular flexibility index (Phi) is 7.16. The topological polar surface area (TPSA) is 95.9 Å². The van der Waals surface area contributed by atoms with Gasteiger partial charge in [-0.25, -0.2) is 9.59 Å². The van der Waals surface area contributed by atoms with Gasteiger partial charge in [-0.2, -0.15) is 0 Å². The van der Waals surface area contributed by atoms with Gasteiger partial charge in [0.15, 0.2) is 0 Å². The van der Waals surface area contributed by atoms with Crippen LogP contribution in [0.15, 0.2) is 30.3 Å². The van der Waals surface area contributed by atoms with Crippen LogP contribution in [0, 0.1) is 5.41 Å². The number of carbonyl (C=O) groups is 3. The molecule has 1 aromatic carbocycles. The van der Waals surface area contributed by atoms with Gasteiger partial charge in [-0.15, -0.1) is 0 Å². The molecule has 0 radical (unpaired) electrons.